The fourth-order valence-corrected chi connectivity index (χ4v) is 1.87. The van der Waals surface area contributed by atoms with Crippen LogP contribution in [0.5, 0.6) is 0 Å². The first-order valence-corrected chi connectivity index (χ1v) is 5.93. The number of hydrogen-bond donors (Lipinski definition) is 2. The molecule has 1 rings (SSSR count). The van der Waals surface area contributed by atoms with Gasteiger partial charge in [-0.3, -0.25) is 4.79 Å². The van der Waals surface area contributed by atoms with Gasteiger partial charge >= 0.3 is 12.1 Å². The van der Waals surface area contributed by atoms with Crippen LogP contribution in [0.1, 0.15) is 10.4 Å². The van der Waals surface area contributed by atoms with E-state index < -0.39 is 24.6 Å². The second kappa shape index (κ2) is 6.41. The zero-order valence-electron chi connectivity index (χ0n) is 9.40. The van der Waals surface area contributed by atoms with Crippen LogP contribution < -0.4 is 5.32 Å². The minimum atomic E-state index is -4.47. The lowest BCUT2D eigenvalue weighted by Crippen LogP contribution is -2.34. The Morgan fingerprint density at radius 1 is 1.42 bits per heavy atom. The number of hydrogen-bond acceptors (Lipinski definition) is 4. The fraction of sp³-hybridized carbons (Fsp3) is 0.300. The largest absolute Gasteiger partial charge is 0.478 e. The van der Waals surface area contributed by atoms with Gasteiger partial charge in [0.1, 0.15) is 11.6 Å². The van der Waals surface area contributed by atoms with Gasteiger partial charge in [-0.2, -0.15) is 13.2 Å². The molecule has 0 fully saturated rings. The molecule has 0 atom stereocenters. The number of nitrogens with one attached hydrogen (secondary N) is 1. The third-order valence-electron chi connectivity index (χ3n) is 1.83. The van der Waals surface area contributed by atoms with Crippen LogP contribution in [0.2, 0.25) is 0 Å². The quantitative estimate of drug-likeness (QED) is 0.805. The Labute approximate surface area is 110 Å². The molecule has 0 aliphatic heterocycles. The molecule has 0 aliphatic carbocycles. The number of carboxylic acids is 1. The number of carboxylic acid groups (broad SMARTS) is 1. The topological polar surface area (TPSA) is 79.3 Å². The summed E-state index contributed by atoms with van der Waals surface area (Å²) in [5.74, 6) is -2.40. The highest BCUT2D eigenvalue weighted by molar-refractivity contribution is 8.00. The maximum Gasteiger partial charge on any atom is 0.405 e. The normalized spacial score (nSPS) is 11.1. The molecule has 19 heavy (non-hydrogen) atoms. The molecule has 0 bridgehead atoms. The second-order valence-corrected chi connectivity index (χ2v) is 4.31. The van der Waals surface area contributed by atoms with E-state index >= 15 is 0 Å². The van der Waals surface area contributed by atoms with Crippen LogP contribution in [0.15, 0.2) is 23.4 Å². The number of thioether (sulfide) groups is 1. The van der Waals surface area contributed by atoms with E-state index in [0.29, 0.717) is 0 Å². The van der Waals surface area contributed by atoms with E-state index in [1.54, 1.807) is 5.32 Å². The van der Waals surface area contributed by atoms with Crippen LogP contribution in [-0.4, -0.2) is 40.4 Å². The third-order valence-corrected chi connectivity index (χ3v) is 2.83. The Balaban J connectivity index is 2.53. The minimum Gasteiger partial charge on any atom is -0.478 e. The standard InChI is InChI=1S/C10H9F3N2O3S/c11-10(12,13)5-15-7(16)4-19-8-6(9(17)18)2-1-3-14-8/h1-3H,4-5H2,(H,15,16)(H,17,18). The van der Waals surface area contributed by atoms with Gasteiger partial charge in [-0.05, 0) is 12.1 Å². The lowest BCUT2D eigenvalue weighted by Gasteiger charge is -2.08. The molecule has 1 aromatic rings. The van der Waals surface area contributed by atoms with Crippen molar-refractivity contribution in [2.75, 3.05) is 12.3 Å². The van der Waals surface area contributed by atoms with Crippen molar-refractivity contribution >= 4 is 23.6 Å². The van der Waals surface area contributed by atoms with Crippen LogP contribution in [0.25, 0.3) is 0 Å². The summed E-state index contributed by atoms with van der Waals surface area (Å²) in [6.07, 6.45) is -3.14. The molecule has 0 saturated heterocycles. The van der Waals surface area contributed by atoms with Crippen molar-refractivity contribution in [2.24, 2.45) is 0 Å². The monoisotopic (exact) mass is 294 g/mol. The van der Waals surface area contributed by atoms with Gasteiger partial charge in [0.2, 0.25) is 5.91 Å². The van der Waals surface area contributed by atoms with Crippen molar-refractivity contribution in [1.82, 2.24) is 10.3 Å². The zero-order chi connectivity index (χ0) is 14.5. The van der Waals surface area contributed by atoms with Gasteiger partial charge in [-0.1, -0.05) is 11.8 Å². The van der Waals surface area contributed by atoms with Gasteiger partial charge in [0.15, 0.2) is 0 Å². The van der Waals surface area contributed by atoms with Crippen molar-refractivity contribution < 1.29 is 27.9 Å². The number of rotatable bonds is 5. The molecular weight excluding hydrogens is 285 g/mol. The summed E-state index contributed by atoms with van der Waals surface area (Å²) in [4.78, 5) is 25.7. The average Bonchev–Trinajstić information content (AvgIpc) is 2.33. The van der Waals surface area contributed by atoms with Crippen molar-refractivity contribution in [3.8, 4) is 0 Å². The van der Waals surface area contributed by atoms with Crippen LogP contribution in [0, 0.1) is 0 Å². The van der Waals surface area contributed by atoms with Gasteiger partial charge in [0.25, 0.3) is 0 Å². The lowest BCUT2D eigenvalue weighted by molar-refractivity contribution is -0.136. The first-order chi connectivity index (χ1) is 8.79. The Bertz CT molecular complexity index is 479. The van der Waals surface area contributed by atoms with Gasteiger partial charge in [0.05, 0.1) is 11.3 Å². The summed E-state index contributed by atoms with van der Waals surface area (Å²) < 4.78 is 35.5. The molecule has 2 N–H and O–H groups in total. The number of carbonyl (C=O) groups excluding carboxylic acids is 1. The molecule has 0 radical (unpaired) electrons. The number of aromatic carboxylic acids is 1. The highest BCUT2D eigenvalue weighted by Gasteiger charge is 2.27. The lowest BCUT2D eigenvalue weighted by atomic mass is 10.3. The zero-order valence-corrected chi connectivity index (χ0v) is 10.2. The van der Waals surface area contributed by atoms with E-state index in [9.17, 15) is 22.8 Å². The van der Waals surface area contributed by atoms with Gasteiger partial charge < -0.3 is 10.4 Å². The number of pyridine rings is 1. The van der Waals surface area contributed by atoms with Crippen LogP contribution in [-0.2, 0) is 4.79 Å². The Morgan fingerprint density at radius 3 is 2.68 bits per heavy atom. The highest BCUT2D eigenvalue weighted by Crippen LogP contribution is 2.19. The Kier molecular flexibility index (Phi) is 5.16. The molecule has 1 amide bonds. The SMILES string of the molecule is O=C(CSc1ncccc1C(=O)O)NCC(F)(F)F. The molecule has 0 aromatic carbocycles. The summed E-state index contributed by atoms with van der Waals surface area (Å²) in [5.41, 5.74) is -0.101. The van der Waals surface area contributed by atoms with Gasteiger partial charge in [0, 0.05) is 6.20 Å². The van der Waals surface area contributed by atoms with E-state index in [4.69, 9.17) is 5.11 Å². The molecular formula is C10H9F3N2O3S. The summed E-state index contributed by atoms with van der Waals surface area (Å²) in [5, 5.41) is 10.6. The molecule has 0 saturated carbocycles. The molecule has 0 spiro atoms. The van der Waals surface area contributed by atoms with Crippen LogP contribution >= 0.6 is 11.8 Å². The predicted octanol–water partition coefficient (Wildman–Crippen LogP) is 1.55. The first-order valence-electron chi connectivity index (χ1n) is 4.94. The molecule has 5 nitrogen and oxygen atoms in total. The van der Waals surface area contributed by atoms with Crippen LogP contribution in [0.3, 0.4) is 0 Å². The maximum absolute atomic E-state index is 11.8. The van der Waals surface area contributed by atoms with Crippen LogP contribution in [0.4, 0.5) is 13.2 Å². The van der Waals surface area contributed by atoms with Crippen molar-refractivity contribution in [2.45, 2.75) is 11.2 Å². The second-order valence-electron chi connectivity index (χ2n) is 3.34. The fourth-order valence-electron chi connectivity index (χ4n) is 1.05. The third kappa shape index (κ3) is 5.60. The summed E-state index contributed by atoms with van der Waals surface area (Å²) in [6.45, 7) is -1.42. The summed E-state index contributed by atoms with van der Waals surface area (Å²) >= 11 is 0.763. The summed E-state index contributed by atoms with van der Waals surface area (Å²) in [7, 11) is 0. The number of aromatic nitrogens is 1. The molecule has 9 heteroatoms. The first kappa shape index (κ1) is 15.3. The Hall–Kier alpha value is -1.77. The minimum absolute atomic E-state index is 0.0807. The van der Waals surface area contributed by atoms with Crippen molar-refractivity contribution in [3.63, 3.8) is 0 Å². The smallest absolute Gasteiger partial charge is 0.405 e. The van der Waals surface area contributed by atoms with Gasteiger partial charge in [-0.15, -0.1) is 0 Å². The number of amides is 1. The van der Waals surface area contributed by atoms with Gasteiger partial charge in [-0.25, -0.2) is 9.78 Å². The summed E-state index contributed by atoms with van der Waals surface area (Å²) in [6, 6.07) is 2.71. The predicted molar refractivity (Wildman–Crippen MR) is 61.0 cm³/mol. The number of carbonyl (C=O) groups is 2. The average molecular weight is 294 g/mol. The molecule has 104 valence electrons. The van der Waals surface area contributed by atoms with Crippen molar-refractivity contribution in [1.29, 1.82) is 0 Å². The molecule has 0 aliphatic rings. The molecule has 0 unspecified atom stereocenters. The number of alkyl halides is 3. The van der Waals surface area contributed by atoms with E-state index in [2.05, 4.69) is 4.98 Å². The van der Waals surface area contributed by atoms with E-state index in [1.807, 2.05) is 0 Å². The van der Waals surface area contributed by atoms with E-state index in [1.165, 1.54) is 18.3 Å². The van der Waals surface area contributed by atoms with E-state index in [0.717, 1.165) is 11.8 Å². The highest BCUT2D eigenvalue weighted by atomic mass is 32.2. The Morgan fingerprint density at radius 2 is 2.11 bits per heavy atom. The van der Waals surface area contributed by atoms with E-state index in [-0.39, 0.29) is 16.3 Å². The number of halogens is 3. The molecule has 1 heterocycles. The van der Waals surface area contributed by atoms with Crippen molar-refractivity contribution in [3.05, 3.63) is 23.9 Å². The number of nitrogens with zero attached hydrogens (tertiary/aromatic N) is 1. The molecule has 1 aromatic heterocycles. The maximum atomic E-state index is 11.8.